The Morgan fingerprint density at radius 1 is 1.29 bits per heavy atom. The summed E-state index contributed by atoms with van der Waals surface area (Å²) < 4.78 is 24.7. The summed E-state index contributed by atoms with van der Waals surface area (Å²) in [5.41, 5.74) is 2.37. The smallest absolute Gasteiger partial charge is 0.149 e. The first-order valence-electron chi connectivity index (χ1n) is 6.04. The second kappa shape index (κ2) is 4.63. The van der Waals surface area contributed by atoms with Gasteiger partial charge in [-0.05, 0) is 36.2 Å². The van der Waals surface area contributed by atoms with E-state index in [0.29, 0.717) is 19.8 Å². The second-order valence-corrected chi connectivity index (χ2v) is 4.59. The van der Waals surface area contributed by atoms with Crippen molar-refractivity contribution in [2.24, 2.45) is 0 Å². The zero-order chi connectivity index (χ0) is 11.7. The van der Waals surface area contributed by atoms with Crippen molar-refractivity contribution in [2.45, 2.75) is 31.9 Å². The third kappa shape index (κ3) is 2.28. The summed E-state index contributed by atoms with van der Waals surface area (Å²) in [4.78, 5) is 0. The van der Waals surface area contributed by atoms with Gasteiger partial charge in [-0.15, -0.1) is 0 Å². The summed E-state index contributed by atoms with van der Waals surface area (Å²) in [5.74, 6) is 0.754. The van der Waals surface area contributed by atoms with Crippen LogP contribution < -0.4 is 10.1 Å². The maximum absolute atomic E-state index is 13.6. The predicted molar refractivity (Wildman–Crippen MR) is 61.7 cm³/mol. The van der Waals surface area contributed by atoms with Crippen LogP contribution in [0, 0.1) is 0 Å². The van der Waals surface area contributed by atoms with E-state index < -0.39 is 6.17 Å². The van der Waals surface area contributed by atoms with Crippen molar-refractivity contribution in [1.82, 2.24) is 5.32 Å². The number of ether oxygens (including phenoxy) is 2. The van der Waals surface area contributed by atoms with E-state index in [4.69, 9.17) is 9.47 Å². The van der Waals surface area contributed by atoms with Crippen molar-refractivity contribution in [3.63, 3.8) is 0 Å². The fourth-order valence-electron chi connectivity index (χ4n) is 2.33. The van der Waals surface area contributed by atoms with Crippen LogP contribution in [0.3, 0.4) is 0 Å². The molecule has 0 saturated carbocycles. The number of hydrogen-bond acceptors (Lipinski definition) is 3. The Kier molecular flexibility index (Phi) is 2.99. The average Bonchev–Trinajstić information content (AvgIpc) is 2.79. The SMILES string of the molecule is F[C@H]1CNCC[C@H]1Oc1ccc2c(c1)COC2. The lowest BCUT2D eigenvalue weighted by Crippen LogP contribution is -2.44. The van der Waals surface area contributed by atoms with Crippen LogP contribution in [0.15, 0.2) is 18.2 Å². The van der Waals surface area contributed by atoms with Gasteiger partial charge in [0.25, 0.3) is 0 Å². The van der Waals surface area contributed by atoms with E-state index in [2.05, 4.69) is 5.32 Å². The molecule has 3 nitrogen and oxygen atoms in total. The molecule has 92 valence electrons. The van der Waals surface area contributed by atoms with E-state index >= 15 is 0 Å². The molecule has 0 radical (unpaired) electrons. The largest absolute Gasteiger partial charge is 0.487 e. The van der Waals surface area contributed by atoms with E-state index in [1.165, 1.54) is 5.56 Å². The van der Waals surface area contributed by atoms with E-state index in [1.807, 2.05) is 18.2 Å². The van der Waals surface area contributed by atoms with Gasteiger partial charge >= 0.3 is 0 Å². The van der Waals surface area contributed by atoms with E-state index in [9.17, 15) is 4.39 Å². The Hall–Kier alpha value is -1.13. The first-order valence-corrected chi connectivity index (χ1v) is 6.04. The van der Waals surface area contributed by atoms with Crippen LogP contribution in [-0.2, 0) is 18.0 Å². The van der Waals surface area contributed by atoms with Gasteiger partial charge in [-0.25, -0.2) is 4.39 Å². The Morgan fingerprint density at radius 3 is 3.06 bits per heavy atom. The number of halogens is 1. The average molecular weight is 237 g/mol. The third-order valence-corrected chi connectivity index (χ3v) is 3.33. The monoisotopic (exact) mass is 237 g/mol. The van der Waals surface area contributed by atoms with Crippen molar-refractivity contribution >= 4 is 0 Å². The summed E-state index contributed by atoms with van der Waals surface area (Å²) in [6.07, 6.45) is -0.528. The number of alkyl halides is 1. The zero-order valence-corrected chi connectivity index (χ0v) is 9.62. The van der Waals surface area contributed by atoms with Gasteiger partial charge in [0.1, 0.15) is 18.0 Å². The fraction of sp³-hybridized carbons (Fsp3) is 0.538. The van der Waals surface area contributed by atoms with Gasteiger partial charge < -0.3 is 14.8 Å². The summed E-state index contributed by atoms with van der Waals surface area (Å²) >= 11 is 0. The minimum atomic E-state index is -0.923. The maximum Gasteiger partial charge on any atom is 0.149 e. The molecule has 0 bridgehead atoms. The van der Waals surface area contributed by atoms with Crippen LogP contribution in [0.25, 0.3) is 0 Å². The van der Waals surface area contributed by atoms with Gasteiger partial charge in [-0.1, -0.05) is 6.07 Å². The van der Waals surface area contributed by atoms with Crippen LogP contribution >= 0.6 is 0 Å². The van der Waals surface area contributed by atoms with Gasteiger partial charge in [0.2, 0.25) is 0 Å². The van der Waals surface area contributed by atoms with Gasteiger partial charge in [0.15, 0.2) is 0 Å². The molecule has 2 heterocycles. The van der Waals surface area contributed by atoms with Gasteiger partial charge in [0, 0.05) is 6.54 Å². The van der Waals surface area contributed by atoms with Crippen molar-refractivity contribution in [3.05, 3.63) is 29.3 Å². The van der Waals surface area contributed by atoms with Gasteiger partial charge in [-0.3, -0.25) is 0 Å². The van der Waals surface area contributed by atoms with Crippen LogP contribution in [-0.4, -0.2) is 25.4 Å². The first-order chi connectivity index (χ1) is 8.33. The lowest BCUT2D eigenvalue weighted by molar-refractivity contribution is 0.0730. The molecule has 0 spiro atoms. The lowest BCUT2D eigenvalue weighted by atomic mass is 10.1. The number of nitrogens with one attached hydrogen (secondary N) is 1. The number of benzene rings is 1. The molecule has 1 aromatic carbocycles. The Bertz CT molecular complexity index is 410. The quantitative estimate of drug-likeness (QED) is 0.850. The summed E-state index contributed by atoms with van der Waals surface area (Å²) in [6, 6.07) is 5.88. The highest BCUT2D eigenvalue weighted by Crippen LogP contribution is 2.26. The molecule has 0 unspecified atom stereocenters. The number of rotatable bonds is 2. The summed E-state index contributed by atoms with van der Waals surface area (Å²) in [7, 11) is 0. The molecular weight excluding hydrogens is 221 g/mol. The Balaban J connectivity index is 1.72. The van der Waals surface area contributed by atoms with Crippen molar-refractivity contribution in [2.75, 3.05) is 13.1 Å². The molecule has 4 heteroatoms. The standard InChI is InChI=1S/C13H16FNO2/c14-12-6-15-4-3-13(12)17-11-2-1-9-7-16-8-10(9)5-11/h1-2,5,12-13,15H,3-4,6-8H2/t12-,13+/m0/s1. The van der Waals surface area contributed by atoms with Gasteiger partial charge in [0.05, 0.1) is 13.2 Å². The molecule has 1 aromatic rings. The lowest BCUT2D eigenvalue weighted by Gasteiger charge is -2.27. The minimum Gasteiger partial charge on any atom is -0.487 e. The molecule has 0 amide bonds. The molecule has 17 heavy (non-hydrogen) atoms. The molecular formula is C13H16FNO2. The minimum absolute atomic E-state index is 0.323. The van der Waals surface area contributed by atoms with Crippen molar-refractivity contribution in [3.8, 4) is 5.75 Å². The van der Waals surface area contributed by atoms with Crippen LogP contribution in [0.2, 0.25) is 0 Å². The molecule has 1 N–H and O–H groups in total. The highest BCUT2D eigenvalue weighted by atomic mass is 19.1. The summed E-state index contributed by atoms with van der Waals surface area (Å²) in [6.45, 7) is 2.52. The normalized spacial score (nSPS) is 27.8. The number of fused-ring (bicyclic) bond motifs is 1. The molecule has 3 rings (SSSR count). The number of piperidine rings is 1. The van der Waals surface area contributed by atoms with Crippen molar-refractivity contribution < 1.29 is 13.9 Å². The molecule has 1 fully saturated rings. The van der Waals surface area contributed by atoms with E-state index in [0.717, 1.165) is 24.3 Å². The van der Waals surface area contributed by atoms with Crippen LogP contribution in [0.5, 0.6) is 5.75 Å². The third-order valence-electron chi connectivity index (χ3n) is 3.33. The predicted octanol–water partition coefficient (Wildman–Crippen LogP) is 1.80. The van der Waals surface area contributed by atoms with Crippen LogP contribution in [0.1, 0.15) is 17.5 Å². The molecule has 2 atom stereocenters. The first kappa shape index (κ1) is 11.0. The molecule has 0 aromatic heterocycles. The van der Waals surface area contributed by atoms with E-state index in [-0.39, 0.29) is 6.10 Å². The second-order valence-electron chi connectivity index (χ2n) is 4.59. The van der Waals surface area contributed by atoms with Gasteiger partial charge in [-0.2, -0.15) is 0 Å². The Labute approximate surface area is 99.9 Å². The van der Waals surface area contributed by atoms with Crippen LogP contribution in [0.4, 0.5) is 4.39 Å². The molecule has 2 aliphatic heterocycles. The highest BCUT2D eigenvalue weighted by molar-refractivity contribution is 5.36. The zero-order valence-electron chi connectivity index (χ0n) is 9.62. The fourth-order valence-corrected chi connectivity index (χ4v) is 2.33. The van der Waals surface area contributed by atoms with E-state index in [1.54, 1.807) is 0 Å². The topological polar surface area (TPSA) is 30.5 Å². The van der Waals surface area contributed by atoms with Crippen molar-refractivity contribution in [1.29, 1.82) is 0 Å². The molecule has 1 saturated heterocycles. The highest BCUT2D eigenvalue weighted by Gasteiger charge is 2.26. The Morgan fingerprint density at radius 2 is 2.18 bits per heavy atom. The molecule has 2 aliphatic rings. The number of hydrogen-bond donors (Lipinski definition) is 1. The maximum atomic E-state index is 13.6. The summed E-state index contributed by atoms with van der Waals surface area (Å²) in [5, 5.41) is 3.02. The molecule has 0 aliphatic carbocycles.